The number of nitrogens with one attached hydrogen (secondary N) is 1. The third kappa shape index (κ3) is 10.7. The van der Waals surface area contributed by atoms with Gasteiger partial charge >= 0.3 is 0 Å². The molecule has 8 heteroatoms. The monoisotopic (exact) mass is 479 g/mol. The highest BCUT2D eigenvalue weighted by Gasteiger charge is 2.34. The van der Waals surface area contributed by atoms with Gasteiger partial charge in [-0.2, -0.15) is 0 Å². The zero-order chi connectivity index (χ0) is 24.2. The van der Waals surface area contributed by atoms with Gasteiger partial charge in [0.05, 0.1) is 6.61 Å². The molecule has 1 amide bonds. The Labute approximate surface area is 198 Å². The van der Waals surface area contributed by atoms with Crippen molar-refractivity contribution < 1.29 is 14.1 Å². The van der Waals surface area contributed by atoms with Crippen molar-refractivity contribution in [2.45, 2.75) is 125 Å². The molecule has 0 radical (unpaired) electrons. The number of rotatable bonds is 16. The fourth-order valence-corrected chi connectivity index (χ4v) is 6.77. The minimum Gasteiger partial charge on any atom is -0.354 e. The molecular formula is C23H50N3O3PS. The molecule has 0 fully saturated rings. The van der Waals surface area contributed by atoms with Crippen LogP contribution in [0.5, 0.6) is 0 Å². The predicted molar refractivity (Wildman–Crippen MR) is 138 cm³/mol. The zero-order valence-electron chi connectivity index (χ0n) is 22.0. The molecule has 0 saturated heterocycles. The average Bonchev–Trinajstić information content (AvgIpc) is 2.67. The normalized spacial score (nSPS) is 13.1. The van der Waals surface area contributed by atoms with Crippen LogP contribution in [0, 0.1) is 0 Å². The van der Waals surface area contributed by atoms with Crippen LogP contribution in [0.3, 0.4) is 0 Å². The summed E-state index contributed by atoms with van der Waals surface area (Å²) in [5, 5.41) is 3.23. The molecule has 186 valence electrons. The first-order chi connectivity index (χ1) is 14.5. The molecule has 0 heterocycles. The molecule has 0 aromatic carbocycles. The van der Waals surface area contributed by atoms with Crippen molar-refractivity contribution in [2.24, 2.45) is 0 Å². The van der Waals surface area contributed by atoms with E-state index in [2.05, 4.69) is 90.8 Å². The van der Waals surface area contributed by atoms with Gasteiger partial charge in [-0.25, -0.2) is 9.34 Å². The van der Waals surface area contributed by atoms with Gasteiger partial charge in [-0.1, -0.05) is 32.5 Å². The summed E-state index contributed by atoms with van der Waals surface area (Å²) >= 11 is 1.29. The summed E-state index contributed by atoms with van der Waals surface area (Å²) in [7, 11) is -0.949. The summed E-state index contributed by atoms with van der Waals surface area (Å²) in [5.41, 5.74) is -0.0851. The Balaban J connectivity index is 4.75. The van der Waals surface area contributed by atoms with E-state index in [0.29, 0.717) is 36.5 Å². The van der Waals surface area contributed by atoms with E-state index in [0.717, 1.165) is 19.3 Å². The van der Waals surface area contributed by atoms with Crippen LogP contribution in [0.1, 0.15) is 95.4 Å². The maximum absolute atomic E-state index is 12.3. The number of nitrogens with zero attached hydrogens (tertiary/aromatic N) is 2. The van der Waals surface area contributed by atoms with Gasteiger partial charge in [0.25, 0.3) is 5.24 Å². The zero-order valence-corrected chi connectivity index (χ0v) is 23.7. The van der Waals surface area contributed by atoms with Gasteiger partial charge in [0.2, 0.25) is 0 Å². The second-order valence-corrected chi connectivity index (χ2v) is 11.9. The summed E-state index contributed by atoms with van der Waals surface area (Å²) in [6, 6.07) is 1.50. The largest absolute Gasteiger partial charge is 0.354 e. The summed E-state index contributed by atoms with van der Waals surface area (Å²) in [6.07, 6.45) is 2.85. The van der Waals surface area contributed by atoms with Gasteiger partial charge in [-0.3, -0.25) is 4.79 Å². The van der Waals surface area contributed by atoms with Crippen LogP contribution in [0.4, 0.5) is 4.79 Å². The number of carbonyl (C=O) groups excluding carboxylic acids is 1. The van der Waals surface area contributed by atoms with Gasteiger partial charge in [-0.15, -0.1) is 0 Å². The second-order valence-electron chi connectivity index (χ2n) is 9.14. The van der Waals surface area contributed by atoms with Gasteiger partial charge in [0.15, 0.2) is 15.2 Å². The first-order valence-corrected chi connectivity index (χ1v) is 14.1. The maximum Gasteiger partial charge on any atom is 0.279 e. The van der Waals surface area contributed by atoms with Gasteiger partial charge in [-0.05, 0) is 74.7 Å². The Morgan fingerprint density at radius 1 is 0.871 bits per heavy atom. The van der Waals surface area contributed by atoms with Gasteiger partial charge in [0, 0.05) is 35.5 Å². The van der Waals surface area contributed by atoms with E-state index in [9.17, 15) is 4.79 Å². The van der Waals surface area contributed by atoms with E-state index in [4.69, 9.17) is 9.26 Å². The minimum atomic E-state index is -0.949. The van der Waals surface area contributed by atoms with Crippen molar-refractivity contribution in [3.8, 4) is 0 Å². The van der Waals surface area contributed by atoms with Crippen molar-refractivity contribution in [3.63, 3.8) is 0 Å². The molecule has 0 aliphatic carbocycles. The molecule has 0 unspecified atom stereocenters. The molecule has 0 aliphatic rings. The first kappa shape index (κ1) is 31.1. The lowest BCUT2D eigenvalue weighted by molar-refractivity contribution is 0.0154. The SMILES string of the molecule is CCC(CC)(CC)NC(=O)SCCOCOP(N(C(C)C)C(C)C)N(C(C)C)C(C)C. The van der Waals surface area contributed by atoms with Crippen LogP contribution in [0.25, 0.3) is 0 Å². The van der Waals surface area contributed by atoms with Crippen molar-refractivity contribution in [3.05, 3.63) is 0 Å². The van der Waals surface area contributed by atoms with Crippen LogP contribution in [0.2, 0.25) is 0 Å². The van der Waals surface area contributed by atoms with Crippen LogP contribution < -0.4 is 5.32 Å². The van der Waals surface area contributed by atoms with Crippen molar-refractivity contribution in [1.29, 1.82) is 0 Å². The number of hydrogen-bond donors (Lipinski definition) is 1. The number of amides is 1. The topological polar surface area (TPSA) is 54.0 Å². The van der Waals surface area contributed by atoms with E-state index in [1.165, 1.54) is 11.8 Å². The lowest BCUT2D eigenvalue weighted by Gasteiger charge is -2.45. The summed E-state index contributed by atoms with van der Waals surface area (Å²) in [4.78, 5) is 12.3. The highest BCUT2D eigenvalue weighted by atomic mass is 32.2. The molecule has 1 N–H and O–H groups in total. The molecular weight excluding hydrogens is 429 g/mol. The molecule has 0 aromatic rings. The Kier molecular flexibility index (Phi) is 15.9. The predicted octanol–water partition coefficient (Wildman–Crippen LogP) is 6.85. The number of hydrogen-bond acceptors (Lipinski definition) is 6. The van der Waals surface area contributed by atoms with Crippen LogP contribution in [0.15, 0.2) is 0 Å². The highest BCUT2D eigenvalue weighted by Crippen LogP contribution is 2.50. The third-order valence-corrected chi connectivity index (χ3v) is 9.33. The molecule has 0 spiro atoms. The van der Waals surface area contributed by atoms with E-state index < -0.39 is 8.45 Å². The van der Waals surface area contributed by atoms with Crippen LogP contribution in [-0.4, -0.2) is 63.4 Å². The van der Waals surface area contributed by atoms with E-state index in [-0.39, 0.29) is 17.6 Å². The van der Waals surface area contributed by atoms with Gasteiger partial charge in [0.1, 0.15) is 0 Å². The smallest absolute Gasteiger partial charge is 0.279 e. The number of ether oxygens (including phenoxy) is 1. The average molecular weight is 480 g/mol. The number of carbonyl (C=O) groups is 1. The van der Waals surface area contributed by atoms with Crippen molar-refractivity contribution >= 4 is 25.5 Å². The lowest BCUT2D eigenvalue weighted by Crippen LogP contribution is -2.45. The summed E-state index contributed by atoms with van der Waals surface area (Å²) in [6.45, 7) is 24.9. The van der Waals surface area contributed by atoms with E-state index in [1.807, 2.05) is 0 Å². The lowest BCUT2D eigenvalue weighted by atomic mass is 9.90. The standard InChI is InChI=1S/C23H50N3O3PS/c1-12-23(13-2,14-3)24-22(27)31-16-15-28-17-29-30(25(18(4)5)19(6)7)26(20(8)9)21(10)11/h18-21H,12-17H2,1-11H3,(H,24,27). The molecule has 31 heavy (non-hydrogen) atoms. The fourth-order valence-electron chi connectivity index (χ4n) is 3.84. The third-order valence-electron chi connectivity index (χ3n) is 5.62. The Morgan fingerprint density at radius 3 is 1.65 bits per heavy atom. The molecule has 0 atom stereocenters. The molecule has 0 bridgehead atoms. The molecule has 0 aliphatic heterocycles. The van der Waals surface area contributed by atoms with Crippen LogP contribution >= 0.6 is 20.2 Å². The molecule has 0 rings (SSSR count). The molecule has 6 nitrogen and oxygen atoms in total. The minimum absolute atomic E-state index is 0.0360. The second kappa shape index (κ2) is 15.8. The van der Waals surface area contributed by atoms with Gasteiger partial charge < -0.3 is 14.6 Å². The van der Waals surface area contributed by atoms with E-state index in [1.54, 1.807) is 0 Å². The Morgan fingerprint density at radius 2 is 1.29 bits per heavy atom. The van der Waals surface area contributed by atoms with Crippen molar-refractivity contribution in [1.82, 2.24) is 14.7 Å². The fraction of sp³-hybridized carbons (Fsp3) is 0.957. The summed E-state index contributed by atoms with van der Waals surface area (Å²) < 4.78 is 17.0. The van der Waals surface area contributed by atoms with E-state index >= 15 is 0 Å². The maximum atomic E-state index is 12.3. The van der Waals surface area contributed by atoms with Crippen LogP contribution in [-0.2, 0) is 9.26 Å². The summed E-state index contributed by atoms with van der Waals surface area (Å²) in [5.74, 6) is 0.622. The molecule has 0 aromatic heterocycles. The number of thioether (sulfide) groups is 1. The quantitative estimate of drug-likeness (QED) is 0.148. The van der Waals surface area contributed by atoms with Crippen molar-refractivity contribution in [2.75, 3.05) is 19.2 Å². The highest BCUT2D eigenvalue weighted by molar-refractivity contribution is 8.13. The molecule has 0 saturated carbocycles. The first-order valence-electron chi connectivity index (χ1n) is 12.0. The Hall–Kier alpha value is 0.0900. The Bertz CT molecular complexity index is 444.